The maximum atomic E-state index is 8.97. The fraction of sp³-hybridized carbons (Fsp3) is 1.00. The molecule has 1 fully saturated rings. The lowest BCUT2D eigenvalue weighted by molar-refractivity contribution is 0.245. The molecule has 0 spiro atoms. The second-order valence-electron chi connectivity index (χ2n) is 5.15. The Labute approximate surface area is 88.1 Å². The largest absolute Gasteiger partial charge is 0.396 e. The molecule has 0 bridgehead atoms. The molecule has 2 heteroatoms. The smallest absolute Gasteiger partial charge is 0.0445 e. The summed E-state index contributed by atoms with van der Waals surface area (Å²) in [6.45, 7) is 7.10. The Morgan fingerprint density at radius 2 is 1.93 bits per heavy atom. The van der Waals surface area contributed by atoms with Crippen LogP contribution >= 0.6 is 0 Å². The SMILES string of the molecule is CC(C)CC(C)NC(CCO)C1CC1. The number of hydrogen-bond acceptors (Lipinski definition) is 2. The minimum absolute atomic E-state index is 0.322. The van der Waals surface area contributed by atoms with E-state index in [1.54, 1.807) is 0 Å². The molecular weight excluding hydrogens is 174 g/mol. The Bertz CT molecular complexity index is 154. The van der Waals surface area contributed by atoms with Crippen molar-refractivity contribution in [2.45, 2.75) is 58.5 Å². The summed E-state index contributed by atoms with van der Waals surface area (Å²) in [6.07, 6.45) is 4.86. The molecule has 2 N–H and O–H groups in total. The van der Waals surface area contributed by atoms with Crippen molar-refractivity contribution in [1.29, 1.82) is 0 Å². The van der Waals surface area contributed by atoms with E-state index in [2.05, 4.69) is 26.1 Å². The molecule has 0 heterocycles. The highest BCUT2D eigenvalue weighted by Crippen LogP contribution is 2.34. The molecule has 0 radical (unpaired) electrons. The van der Waals surface area contributed by atoms with Gasteiger partial charge < -0.3 is 10.4 Å². The molecule has 2 unspecified atom stereocenters. The van der Waals surface area contributed by atoms with Crippen molar-refractivity contribution < 1.29 is 5.11 Å². The van der Waals surface area contributed by atoms with E-state index in [0.29, 0.717) is 18.7 Å². The molecule has 1 rings (SSSR count). The molecule has 1 saturated carbocycles. The number of hydrogen-bond donors (Lipinski definition) is 2. The second-order valence-corrected chi connectivity index (χ2v) is 5.15. The lowest BCUT2D eigenvalue weighted by Gasteiger charge is -2.23. The molecule has 1 aliphatic carbocycles. The van der Waals surface area contributed by atoms with E-state index in [9.17, 15) is 0 Å². The lowest BCUT2D eigenvalue weighted by atomic mass is 10.0. The monoisotopic (exact) mass is 199 g/mol. The van der Waals surface area contributed by atoms with Crippen LogP contribution < -0.4 is 5.32 Å². The van der Waals surface area contributed by atoms with Gasteiger partial charge in [-0.25, -0.2) is 0 Å². The van der Waals surface area contributed by atoms with Crippen LogP contribution in [0.4, 0.5) is 0 Å². The van der Waals surface area contributed by atoms with E-state index in [1.165, 1.54) is 19.3 Å². The minimum Gasteiger partial charge on any atom is -0.396 e. The molecule has 2 nitrogen and oxygen atoms in total. The molecule has 0 aromatic rings. The van der Waals surface area contributed by atoms with Gasteiger partial charge in [0, 0.05) is 18.7 Å². The zero-order valence-electron chi connectivity index (χ0n) is 9.79. The molecule has 1 aliphatic rings. The van der Waals surface area contributed by atoms with Crippen LogP contribution in [0.3, 0.4) is 0 Å². The van der Waals surface area contributed by atoms with Crippen LogP contribution in [0.15, 0.2) is 0 Å². The molecule has 0 saturated heterocycles. The first-order valence-electron chi connectivity index (χ1n) is 6.00. The third-order valence-corrected chi connectivity index (χ3v) is 2.95. The highest BCUT2D eigenvalue weighted by atomic mass is 16.3. The number of aliphatic hydroxyl groups excluding tert-OH is 1. The van der Waals surface area contributed by atoms with Gasteiger partial charge in [0.15, 0.2) is 0 Å². The second kappa shape index (κ2) is 5.72. The number of aliphatic hydroxyl groups is 1. The molecule has 0 aromatic heterocycles. The van der Waals surface area contributed by atoms with E-state index in [1.807, 2.05) is 0 Å². The first-order valence-corrected chi connectivity index (χ1v) is 6.00. The van der Waals surface area contributed by atoms with Crippen LogP contribution in [-0.2, 0) is 0 Å². The molecule has 0 amide bonds. The average Bonchev–Trinajstić information content (AvgIpc) is 2.83. The van der Waals surface area contributed by atoms with Gasteiger partial charge in [-0.1, -0.05) is 13.8 Å². The van der Waals surface area contributed by atoms with Crippen molar-refractivity contribution in [3.05, 3.63) is 0 Å². The van der Waals surface area contributed by atoms with Crippen molar-refractivity contribution in [3.8, 4) is 0 Å². The zero-order chi connectivity index (χ0) is 10.6. The van der Waals surface area contributed by atoms with Gasteiger partial charge in [-0.3, -0.25) is 0 Å². The van der Waals surface area contributed by atoms with E-state index in [0.717, 1.165) is 18.3 Å². The topological polar surface area (TPSA) is 32.3 Å². The van der Waals surface area contributed by atoms with Crippen molar-refractivity contribution >= 4 is 0 Å². The van der Waals surface area contributed by atoms with E-state index in [4.69, 9.17) is 5.11 Å². The summed E-state index contributed by atoms with van der Waals surface area (Å²) in [5.74, 6) is 1.60. The number of rotatable bonds is 7. The van der Waals surface area contributed by atoms with Gasteiger partial charge in [0.2, 0.25) is 0 Å². The summed E-state index contributed by atoms with van der Waals surface area (Å²) >= 11 is 0. The Hall–Kier alpha value is -0.0800. The van der Waals surface area contributed by atoms with Gasteiger partial charge in [0.1, 0.15) is 0 Å². The summed E-state index contributed by atoms with van der Waals surface area (Å²) in [5.41, 5.74) is 0. The Kier molecular flexibility index (Phi) is 4.90. The summed E-state index contributed by atoms with van der Waals surface area (Å²) < 4.78 is 0. The fourth-order valence-corrected chi connectivity index (χ4v) is 2.23. The van der Waals surface area contributed by atoms with Crippen LogP contribution in [0.5, 0.6) is 0 Å². The molecule has 84 valence electrons. The highest BCUT2D eigenvalue weighted by Gasteiger charge is 2.31. The van der Waals surface area contributed by atoms with Crippen molar-refractivity contribution in [1.82, 2.24) is 5.32 Å². The van der Waals surface area contributed by atoms with Crippen LogP contribution in [0.2, 0.25) is 0 Å². The maximum absolute atomic E-state index is 8.97. The van der Waals surface area contributed by atoms with Crippen molar-refractivity contribution in [2.24, 2.45) is 11.8 Å². The zero-order valence-corrected chi connectivity index (χ0v) is 9.79. The van der Waals surface area contributed by atoms with Gasteiger partial charge in [0.05, 0.1) is 0 Å². The normalized spacial score (nSPS) is 21.2. The lowest BCUT2D eigenvalue weighted by Crippen LogP contribution is -2.39. The fourth-order valence-electron chi connectivity index (χ4n) is 2.23. The van der Waals surface area contributed by atoms with Crippen LogP contribution in [0.1, 0.15) is 46.5 Å². The van der Waals surface area contributed by atoms with Crippen molar-refractivity contribution in [2.75, 3.05) is 6.61 Å². The van der Waals surface area contributed by atoms with Gasteiger partial charge in [-0.15, -0.1) is 0 Å². The van der Waals surface area contributed by atoms with Gasteiger partial charge in [-0.2, -0.15) is 0 Å². The molecule has 0 aromatic carbocycles. The minimum atomic E-state index is 0.322. The predicted octanol–water partition coefficient (Wildman–Crippen LogP) is 2.17. The summed E-state index contributed by atoms with van der Waals surface area (Å²) in [5, 5.41) is 12.6. The quantitative estimate of drug-likeness (QED) is 0.658. The van der Waals surface area contributed by atoms with Crippen molar-refractivity contribution in [3.63, 3.8) is 0 Å². The number of nitrogens with one attached hydrogen (secondary N) is 1. The first-order chi connectivity index (χ1) is 6.63. The third-order valence-electron chi connectivity index (χ3n) is 2.95. The predicted molar refractivity (Wildman–Crippen MR) is 60.3 cm³/mol. The van der Waals surface area contributed by atoms with E-state index < -0.39 is 0 Å². The Morgan fingerprint density at radius 3 is 2.36 bits per heavy atom. The van der Waals surface area contributed by atoms with E-state index in [-0.39, 0.29) is 0 Å². The third kappa shape index (κ3) is 4.43. The summed E-state index contributed by atoms with van der Waals surface area (Å²) in [7, 11) is 0. The average molecular weight is 199 g/mol. The Balaban J connectivity index is 2.23. The van der Waals surface area contributed by atoms with Gasteiger partial charge in [-0.05, 0) is 44.4 Å². The van der Waals surface area contributed by atoms with Gasteiger partial charge in [0.25, 0.3) is 0 Å². The highest BCUT2D eigenvalue weighted by molar-refractivity contribution is 4.87. The first kappa shape index (κ1) is 12.0. The Morgan fingerprint density at radius 1 is 1.29 bits per heavy atom. The molecule has 0 aliphatic heterocycles. The van der Waals surface area contributed by atoms with Crippen LogP contribution in [0, 0.1) is 11.8 Å². The van der Waals surface area contributed by atoms with Crippen LogP contribution in [-0.4, -0.2) is 23.8 Å². The van der Waals surface area contributed by atoms with Crippen LogP contribution in [0.25, 0.3) is 0 Å². The summed E-state index contributed by atoms with van der Waals surface area (Å²) in [4.78, 5) is 0. The molecule has 2 atom stereocenters. The standard InChI is InChI=1S/C12H25NO/c1-9(2)8-10(3)13-12(6-7-14)11-4-5-11/h9-14H,4-8H2,1-3H3. The molecule has 14 heavy (non-hydrogen) atoms. The maximum Gasteiger partial charge on any atom is 0.0445 e. The molecular formula is C12H25NO. The summed E-state index contributed by atoms with van der Waals surface area (Å²) in [6, 6.07) is 1.15. The van der Waals surface area contributed by atoms with Gasteiger partial charge >= 0.3 is 0 Å². The van der Waals surface area contributed by atoms with E-state index >= 15 is 0 Å².